The molecule has 1 aromatic rings. The normalized spacial score (nSPS) is 16.5. The smallest absolute Gasteiger partial charge is 0.111 e. The third-order valence-corrected chi connectivity index (χ3v) is 4.45. The van der Waals surface area contributed by atoms with Gasteiger partial charge < -0.3 is 0 Å². The van der Waals surface area contributed by atoms with Crippen LogP contribution in [-0.4, -0.2) is 10.2 Å². The maximum atomic E-state index is 4.34. The third kappa shape index (κ3) is 1.83. The summed E-state index contributed by atoms with van der Waals surface area (Å²) in [4.78, 5) is 4.34. The van der Waals surface area contributed by atoms with E-state index in [-0.39, 0.29) is 0 Å². The van der Waals surface area contributed by atoms with Gasteiger partial charge >= 0.3 is 0 Å². The van der Waals surface area contributed by atoms with E-state index in [2.05, 4.69) is 27.8 Å². The number of hydrogen-bond acceptors (Lipinski definition) is 2. The molecule has 1 heterocycles. The van der Waals surface area contributed by atoms with Crippen molar-refractivity contribution in [2.45, 2.75) is 30.0 Å². The number of aromatic nitrogens is 1. The van der Waals surface area contributed by atoms with Crippen LogP contribution in [0.25, 0.3) is 0 Å². The second-order valence-electron chi connectivity index (χ2n) is 3.06. The zero-order valence-electron chi connectivity index (χ0n) is 6.88. The molecule has 0 spiro atoms. The van der Waals surface area contributed by atoms with E-state index in [0.717, 1.165) is 10.3 Å². The van der Waals surface area contributed by atoms with Crippen LogP contribution in [0.3, 0.4) is 0 Å². The summed E-state index contributed by atoms with van der Waals surface area (Å²) in [6, 6.07) is 2.03. The lowest BCUT2D eigenvalue weighted by Crippen LogP contribution is -1.86. The molecule has 0 N–H and O–H groups in total. The summed E-state index contributed by atoms with van der Waals surface area (Å²) >= 11 is 5.45. The SMILES string of the molecule is Cc1ccnc(SC2CC2)c1Br. The predicted octanol–water partition coefficient (Wildman–Crippen LogP) is 3.41. The van der Waals surface area contributed by atoms with Crippen molar-refractivity contribution in [2.75, 3.05) is 0 Å². The summed E-state index contributed by atoms with van der Waals surface area (Å²) in [5.74, 6) is 0. The second-order valence-corrected chi connectivity index (χ2v) is 5.15. The number of rotatable bonds is 2. The fraction of sp³-hybridized carbons (Fsp3) is 0.444. The van der Waals surface area contributed by atoms with Gasteiger partial charge in [-0.25, -0.2) is 4.98 Å². The van der Waals surface area contributed by atoms with Crippen molar-refractivity contribution < 1.29 is 0 Å². The molecular weight excluding hydrogens is 234 g/mol. The van der Waals surface area contributed by atoms with Crippen molar-refractivity contribution in [1.82, 2.24) is 4.98 Å². The highest BCUT2D eigenvalue weighted by atomic mass is 79.9. The van der Waals surface area contributed by atoms with Gasteiger partial charge in [-0.05, 0) is 47.3 Å². The summed E-state index contributed by atoms with van der Waals surface area (Å²) in [5, 5.41) is 1.98. The molecule has 3 heteroatoms. The van der Waals surface area contributed by atoms with E-state index in [1.165, 1.54) is 22.9 Å². The summed E-state index contributed by atoms with van der Waals surface area (Å²) in [5.41, 5.74) is 1.27. The van der Waals surface area contributed by atoms with Gasteiger partial charge in [0.1, 0.15) is 5.03 Å². The van der Waals surface area contributed by atoms with Crippen LogP contribution in [-0.2, 0) is 0 Å². The zero-order valence-corrected chi connectivity index (χ0v) is 9.28. The fourth-order valence-electron chi connectivity index (χ4n) is 0.941. The highest BCUT2D eigenvalue weighted by molar-refractivity contribution is 9.10. The number of nitrogens with zero attached hydrogens (tertiary/aromatic N) is 1. The van der Waals surface area contributed by atoms with Crippen LogP contribution in [0.1, 0.15) is 18.4 Å². The van der Waals surface area contributed by atoms with Gasteiger partial charge in [0, 0.05) is 11.4 Å². The van der Waals surface area contributed by atoms with Crippen molar-refractivity contribution in [3.8, 4) is 0 Å². The van der Waals surface area contributed by atoms with Crippen LogP contribution >= 0.6 is 27.7 Å². The van der Waals surface area contributed by atoms with Gasteiger partial charge in [0.25, 0.3) is 0 Å². The van der Waals surface area contributed by atoms with Gasteiger partial charge in [-0.15, -0.1) is 11.8 Å². The first-order chi connectivity index (χ1) is 5.77. The average molecular weight is 244 g/mol. The Morgan fingerprint density at radius 2 is 2.33 bits per heavy atom. The van der Waals surface area contributed by atoms with Crippen molar-refractivity contribution in [3.63, 3.8) is 0 Å². The molecule has 0 bridgehead atoms. The average Bonchev–Trinajstić information content (AvgIpc) is 2.83. The van der Waals surface area contributed by atoms with Gasteiger partial charge in [0.15, 0.2) is 0 Å². The van der Waals surface area contributed by atoms with Crippen molar-refractivity contribution >= 4 is 27.7 Å². The number of aryl methyl sites for hydroxylation is 1. The van der Waals surface area contributed by atoms with E-state index in [9.17, 15) is 0 Å². The van der Waals surface area contributed by atoms with E-state index in [1.54, 1.807) is 0 Å². The Bertz CT molecular complexity index is 297. The molecule has 0 aromatic carbocycles. The maximum absolute atomic E-state index is 4.34. The molecule has 0 saturated heterocycles. The van der Waals surface area contributed by atoms with E-state index in [4.69, 9.17) is 0 Å². The van der Waals surface area contributed by atoms with Gasteiger partial charge in [-0.3, -0.25) is 0 Å². The minimum atomic E-state index is 0.829. The molecule has 1 aliphatic carbocycles. The Morgan fingerprint density at radius 3 is 3.00 bits per heavy atom. The maximum Gasteiger partial charge on any atom is 0.111 e. The predicted molar refractivity (Wildman–Crippen MR) is 55.6 cm³/mol. The molecule has 0 amide bonds. The Kier molecular flexibility index (Phi) is 2.42. The topological polar surface area (TPSA) is 12.9 Å². The lowest BCUT2D eigenvalue weighted by atomic mass is 10.3. The molecule has 2 rings (SSSR count). The van der Waals surface area contributed by atoms with Crippen LogP contribution in [0, 0.1) is 6.92 Å². The lowest BCUT2D eigenvalue weighted by Gasteiger charge is -2.03. The number of hydrogen-bond donors (Lipinski definition) is 0. The summed E-state index contributed by atoms with van der Waals surface area (Å²) in [7, 11) is 0. The van der Waals surface area contributed by atoms with Crippen LogP contribution in [0.5, 0.6) is 0 Å². The van der Waals surface area contributed by atoms with Gasteiger partial charge in [-0.1, -0.05) is 0 Å². The third-order valence-electron chi connectivity index (χ3n) is 1.85. The van der Waals surface area contributed by atoms with Gasteiger partial charge in [-0.2, -0.15) is 0 Å². The largest absolute Gasteiger partial charge is 0.249 e. The number of thioether (sulfide) groups is 1. The zero-order chi connectivity index (χ0) is 8.55. The number of halogens is 1. The first kappa shape index (κ1) is 8.57. The molecular formula is C9H10BrNS. The number of pyridine rings is 1. The van der Waals surface area contributed by atoms with Crippen LogP contribution in [0.4, 0.5) is 0 Å². The lowest BCUT2D eigenvalue weighted by molar-refractivity contribution is 1.08. The summed E-state index contributed by atoms with van der Waals surface area (Å²) in [6.45, 7) is 2.10. The highest BCUT2D eigenvalue weighted by Gasteiger charge is 2.24. The minimum absolute atomic E-state index is 0.829. The quantitative estimate of drug-likeness (QED) is 0.790. The molecule has 1 nitrogen and oxygen atoms in total. The second kappa shape index (κ2) is 3.38. The van der Waals surface area contributed by atoms with E-state index >= 15 is 0 Å². The summed E-state index contributed by atoms with van der Waals surface area (Å²) in [6.07, 6.45) is 4.59. The Balaban J connectivity index is 2.23. The minimum Gasteiger partial charge on any atom is -0.249 e. The molecule has 1 saturated carbocycles. The molecule has 0 unspecified atom stereocenters. The first-order valence-electron chi connectivity index (χ1n) is 4.05. The Morgan fingerprint density at radius 1 is 1.58 bits per heavy atom. The Hall–Kier alpha value is -0.0200. The molecule has 1 aliphatic rings. The van der Waals surface area contributed by atoms with Crippen molar-refractivity contribution in [2.24, 2.45) is 0 Å². The standard InChI is InChI=1S/C9H10BrNS/c1-6-4-5-11-9(8(6)10)12-7-2-3-7/h4-5,7H,2-3H2,1H3. The van der Waals surface area contributed by atoms with Gasteiger partial charge in [0.2, 0.25) is 0 Å². The molecule has 12 heavy (non-hydrogen) atoms. The van der Waals surface area contributed by atoms with Crippen molar-refractivity contribution in [3.05, 3.63) is 22.3 Å². The molecule has 0 atom stereocenters. The van der Waals surface area contributed by atoms with Crippen LogP contribution in [0.15, 0.2) is 21.8 Å². The molecule has 1 fully saturated rings. The molecule has 0 radical (unpaired) electrons. The summed E-state index contributed by atoms with van der Waals surface area (Å²) < 4.78 is 1.17. The first-order valence-corrected chi connectivity index (χ1v) is 5.72. The molecule has 64 valence electrons. The van der Waals surface area contributed by atoms with Crippen LogP contribution in [0.2, 0.25) is 0 Å². The highest BCUT2D eigenvalue weighted by Crippen LogP contribution is 2.41. The van der Waals surface area contributed by atoms with Crippen LogP contribution < -0.4 is 0 Å². The fourth-order valence-corrected chi connectivity index (χ4v) is 2.53. The van der Waals surface area contributed by atoms with Crippen molar-refractivity contribution in [1.29, 1.82) is 0 Å². The van der Waals surface area contributed by atoms with E-state index < -0.39 is 0 Å². The molecule has 0 aliphatic heterocycles. The molecule has 1 aromatic heterocycles. The van der Waals surface area contributed by atoms with E-state index in [0.29, 0.717) is 0 Å². The monoisotopic (exact) mass is 243 g/mol. The van der Waals surface area contributed by atoms with Gasteiger partial charge in [0.05, 0.1) is 4.47 Å². The Labute approximate surface area is 85.1 Å². The van der Waals surface area contributed by atoms with E-state index in [1.807, 2.05) is 24.0 Å².